The van der Waals surface area contributed by atoms with E-state index >= 15 is 0 Å². The second-order valence-corrected chi connectivity index (χ2v) is 7.19. The first kappa shape index (κ1) is 12.2. The summed E-state index contributed by atoms with van der Waals surface area (Å²) in [5, 5.41) is 3.30. The van der Waals surface area contributed by atoms with E-state index in [0.29, 0.717) is 18.6 Å². The van der Waals surface area contributed by atoms with Crippen LogP contribution in [0.25, 0.3) is 0 Å². The highest BCUT2D eigenvalue weighted by Crippen LogP contribution is 2.65. The number of nitrogens with two attached hydrogens (primary N) is 1. The van der Waals surface area contributed by atoms with Gasteiger partial charge in [0, 0.05) is 25.2 Å². The number of hydrogen-bond donors (Lipinski definition) is 2. The monoisotopic (exact) mass is 263 g/mol. The van der Waals surface area contributed by atoms with Gasteiger partial charge in [0.25, 0.3) is 0 Å². The third kappa shape index (κ3) is 2.09. The van der Waals surface area contributed by atoms with Gasteiger partial charge in [-0.3, -0.25) is 9.69 Å². The maximum absolute atomic E-state index is 12.1. The van der Waals surface area contributed by atoms with Crippen molar-refractivity contribution < 1.29 is 4.79 Å². The zero-order valence-electron chi connectivity index (χ0n) is 11.6. The molecule has 1 aliphatic heterocycles. The van der Waals surface area contributed by atoms with Gasteiger partial charge in [-0.1, -0.05) is 0 Å². The lowest BCUT2D eigenvalue weighted by Gasteiger charge is -2.29. The van der Waals surface area contributed by atoms with Crippen LogP contribution in [0.3, 0.4) is 0 Å². The zero-order valence-corrected chi connectivity index (χ0v) is 11.6. The summed E-state index contributed by atoms with van der Waals surface area (Å²) in [5.74, 6) is 3.81. The van der Waals surface area contributed by atoms with E-state index in [1.54, 1.807) is 0 Å². The van der Waals surface area contributed by atoms with Gasteiger partial charge in [-0.15, -0.1) is 0 Å². The van der Waals surface area contributed by atoms with Crippen molar-refractivity contribution in [2.45, 2.75) is 44.2 Å². The largest absolute Gasteiger partial charge is 0.352 e. The molecule has 4 unspecified atom stereocenters. The smallest absolute Gasteiger partial charge is 0.234 e. The summed E-state index contributed by atoms with van der Waals surface area (Å²) in [7, 11) is 0. The van der Waals surface area contributed by atoms with Crippen LogP contribution >= 0.6 is 0 Å². The fourth-order valence-corrected chi connectivity index (χ4v) is 5.06. The molecule has 4 nitrogen and oxygen atoms in total. The highest BCUT2D eigenvalue weighted by atomic mass is 16.2. The Kier molecular flexibility index (Phi) is 2.85. The predicted octanol–water partition coefficient (Wildman–Crippen LogP) is 0.570. The van der Waals surface area contributed by atoms with Gasteiger partial charge in [0.2, 0.25) is 5.91 Å². The predicted molar refractivity (Wildman–Crippen MR) is 73.4 cm³/mol. The molecule has 4 rings (SSSR count). The van der Waals surface area contributed by atoms with Crippen molar-refractivity contribution in [1.82, 2.24) is 10.2 Å². The maximum atomic E-state index is 12.1. The average Bonchev–Trinajstić information content (AvgIpc) is 2.81. The molecule has 106 valence electrons. The molecule has 0 radical (unpaired) electrons. The Bertz CT molecular complexity index is 362. The van der Waals surface area contributed by atoms with Crippen LogP contribution in [0.1, 0.15) is 32.1 Å². The van der Waals surface area contributed by atoms with Crippen molar-refractivity contribution >= 4 is 5.91 Å². The zero-order chi connectivity index (χ0) is 13.0. The standard InChI is InChI=1S/C15H25N3O/c16-11-3-5-18(6-4-11)8-12(19)17-15-13-9-1-2-10(7-9)14(13)15/h9-11,13-15H,1-8,16H2,(H,17,19). The van der Waals surface area contributed by atoms with E-state index in [1.165, 1.54) is 19.3 Å². The molecular weight excluding hydrogens is 238 g/mol. The number of amides is 1. The van der Waals surface area contributed by atoms with E-state index in [9.17, 15) is 4.79 Å². The molecule has 4 atom stereocenters. The quantitative estimate of drug-likeness (QED) is 0.782. The van der Waals surface area contributed by atoms with Gasteiger partial charge in [-0.05, 0) is 55.8 Å². The highest BCUT2D eigenvalue weighted by Gasteiger charge is 2.65. The van der Waals surface area contributed by atoms with E-state index in [1.807, 2.05) is 0 Å². The Morgan fingerprint density at radius 1 is 1.11 bits per heavy atom. The first-order valence-corrected chi connectivity index (χ1v) is 7.99. The molecule has 1 saturated heterocycles. The summed E-state index contributed by atoms with van der Waals surface area (Å²) in [6.07, 6.45) is 6.36. The van der Waals surface area contributed by atoms with Crippen molar-refractivity contribution in [3.63, 3.8) is 0 Å². The van der Waals surface area contributed by atoms with E-state index < -0.39 is 0 Å². The van der Waals surface area contributed by atoms with Crippen LogP contribution < -0.4 is 11.1 Å². The molecular formula is C15H25N3O. The number of piperidine rings is 1. The van der Waals surface area contributed by atoms with Gasteiger partial charge >= 0.3 is 0 Å². The molecule has 3 N–H and O–H groups in total. The Morgan fingerprint density at radius 2 is 1.74 bits per heavy atom. The van der Waals surface area contributed by atoms with Crippen LogP contribution in [0.4, 0.5) is 0 Å². The number of nitrogens with one attached hydrogen (secondary N) is 1. The van der Waals surface area contributed by atoms with E-state index in [0.717, 1.165) is 49.6 Å². The number of carbonyl (C=O) groups excluding carboxylic acids is 1. The number of rotatable bonds is 3. The van der Waals surface area contributed by atoms with Crippen LogP contribution in [-0.2, 0) is 4.79 Å². The van der Waals surface area contributed by atoms with Crippen LogP contribution in [0.15, 0.2) is 0 Å². The molecule has 0 spiro atoms. The first-order valence-electron chi connectivity index (χ1n) is 7.99. The van der Waals surface area contributed by atoms with Gasteiger partial charge in [0.1, 0.15) is 0 Å². The summed E-state index contributed by atoms with van der Waals surface area (Å²) in [6, 6.07) is 0.878. The summed E-state index contributed by atoms with van der Waals surface area (Å²) in [4.78, 5) is 14.4. The number of carbonyl (C=O) groups is 1. The van der Waals surface area contributed by atoms with Gasteiger partial charge in [0.05, 0.1) is 6.54 Å². The maximum Gasteiger partial charge on any atom is 0.234 e. The molecule has 0 aromatic carbocycles. The van der Waals surface area contributed by atoms with Gasteiger partial charge in [-0.25, -0.2) is 0 Å². The number of nitrogens with zero attached hydrogens (tertiary/aromatic N) is 1. The summed E-state index contributed by atoms with van der Waals surface area (Å²) in [5.41, 5.74) is 5.89. The third-order valence-electron chi connectivity index (χ3n) is 6.06. The Hall–Kier alpha value is -0.610. The molecule has 3 aliphatic carbocycles. The lowest BCUT2D eigenvalue weighted by Crippen LogP contribution is -2.45. The van der Waals surface area contributed by atoms with Crippen molar-refractivity contribution in [3.05, 3.63) is 0 Å². The third-order valence-corrected chi connectivity index (χ3v) is 6.06. The van der Waals surface area contributed by atoms with Crippen LogP contribution in [0.5, 0.6) is 0 Å². The molecule has 0 aromatic heterocycles. The molecule has 3 saturated carbocycles. The van der Waals surface area contributed by atoms with E-state index in [2.05, 4.69) is 10.2 Å². The Labute approximate surface area is 115 Å². The molecule has 4 heteroatoms. The highest BCUT2D eigenvalue weighted by molar-refractivity contribution is 5.79. The Morgan fingerprint density at radius 3 is 2.37 bits per heavy atom. The van der Waals surface area contributed by atoms with E-state index in [-0.39, 0.29) is 5.91 Å². The molecule has 1 heterocycles. The summed E-state index contributed by atoms with van der Waals surface area (Å²) < 4.78 is 0. The van der Waals surface area contributed by atoms with Gasteiger partial charge < -0.3 is 11.1 Å². The lowest BCUT2D eigenvalue weighted by molar-refractivity contribution is -0.122. The molecule has 19 heavy (non-hydrogen) atoms. The van der Waals surface area contributed by atoms with Crippen molar-refractivity contribution in [3.8, 4) is 0 Å². The first-order chi connectivity index (χ1) is 9.22. The van der Waals surface area contributed by atoms with Crippen molar-refractivity contribution in [2.75, 3.05) is 19.6 Å². The SMILES string of the molecule is NC1CCN(CC(=O)NC2C3C4CCC(C4)C23)CC1. The number of hydrogen-bond acceptors (Lipinski definition) is 3. The van der Waals surface area contributed by atoms with E-state index in [4.69, 9.17) is 5.73 Å². The van der Waals surface area contributed by atoms with Crippen LogP contribution in [-0.4, -0.2) is 42.5 Å². The number of fused-ring (bicyclic) bond motifs is 5. The minimum atomic E-state index is 0.245. The Balaban J connectivity index is 1.25. The van der Waals surface area contributed by atoms with Crippen molar-refractivity contribution in [1.29, 1.82) is 0 Å². The summed E-state index contributed by atoms with van der Waals surface area (Å²) >= 11 is 0. The molecule has 0 aromatic rings. The molecule has 4 fully saturated rings. The fourth-order valence-electron chi connectivity index (χ4n) is 5.06. The second-order valence-electron chi connectivity index (χ2n) is 7.19. The van der Waals surface area contributed by atoms with Crippen LogP contribution in [0, 0.1) is 23.7 Å². The topological polar surface area (TPSA) is 58.4 Å². The normalized spacial score (nSPS) is 45.2. The summed E-state index contributed by atoms with van der Waals surface area (Å²) in [6.45, 7) is 2.55. The molecule has 2 bridgehead atoms. The minimum absolute atomic E-state index is 0.245. The second kappa shape index (κ2) is 4.45. The molecule has 1 amide bonds. The van der Waals surface area contributed by atoms with Crippen LogP contribution in [0.2, 0.25) is 0 Å². The fraction of sp³-hybridized carbons (Fsp3) is 0.933. The molecule has 4 aliphatic rings. The van der Waals surface area contributed by atoms with Gasteiger partial charge in [0.15, 0.2) is 0 Å². The van der Waals surface area contributed by atoms with Gasteiger partial charge in [-0.2, -0.15) is 0 Å². The average molecular weight is 263 g/mol. The van der Waals surface area contributed by atoms with Crippen molar-refractivity contribution in [2.24, 2.45) is 29.4 Å². The lowest BCUT2D eigenvalue weighted by atomic mass is 10.0. The number of likely N-dealkylation sites (tertiary alicyclic amines) is 1. The minimum Gasteiger partial charge on any atom is -0.352 e.